The van der Waals surface area contributed by atoms with Gasteiger partial charge in [0.25, 0.3) is 5.91 Å². The van der Waals surface area contributed by atoms with Gasteiger partial charge in [0.1, 0.15) is 28.5 Å². The fourth-order valence-electron chi connectivity index (χ4n) is 4.20. The molecule has 1 amide bonds. The summed E-state index contributed by atoms with van der Waals surface area (Å²) in [4.78, 5) is 27.0. The number of hydrogen-bond donors (Lipinski definition) is 1. The average molecular weight is 486 g/mol. The Labute approximate surface area is 207 Å². The molecule has 1 aliphatic rings. The molecule has 3 aromatic rings. The van der Waals surface area contributed by atoms with E-state index in [1.165, 1.54) is 17.4 Å². The third kappa shape index (κ3) is 5.03. The molecule has 8 heteroatoms. The van der Waals surface area contributed by atoms with Gasteiger partial charge in [0.2, 0.25) is 0 Å². The van der Waals surface area contributed by atoms with Crippen LogP contribution in [-0.4, -0.2) is 25.1 Å². The van der Waals surface area contributed by atoms with Crippen molar-refractivity contribution < 1.29 is 19.1 Å². The largest absolute Gasteiger partial charge is 0.478 e. The highest BCUT2D eigenvalue weighted by Gasteiger charge is 2.28. The van der Waals surface area contributed by atoms with Gasteiger partial charge in [-0.1, -0.05) is 30.3 Å². The Balaban J connectivity index is 1.73. The summed E-state index contributed by atoms with van der Waals surface area (Å²) in [5.74, 6) is -0.702. The number of nitrogens with zero attached hydrogens (tertiary/aromatic N) is 2. The summed E-state index contributed by atoms with van der Waals surface area (Å²) < 4.78 is 10.8. The average Bonchev–Trinajstić information content (AvgIpc) is 3.24. The summed E-state index contributed by atoms with van der Waals surface area (Å²) in [6, 6.07) is 15.0. The number of hydrogen-bond acceptors (Lipinski definition) is 7. The van der Waals surface area contributed by atoms with Gasteiger partial charge in [-0.3, -0.25) is 4.79 Å². The molecule has 1 N–H and O–H groups in total. The molecule has 0 saturated heterocycles. The van der Waals surface area contributed by atoms with E-state index >= 15 is 0 Å². The van der Waals surface area contributed by atoms with Crippen molar-refractivity contribution in [1.29, 1.82) is 10.5 Å². The molecule has 0 bridgehead atoms. The smallest absolute Gasteiger partial charge is 0.341 e. The number of amides is 1. The highest BCUT2D eigenvalue weighted by molar-refractivity contribution is 7.17. The molecule has 0 spiro atoms. The molecule has 1 aliphatic carbocycles. The van der Waals surface area contributed by atoms with Crippen LogP contribution in [0.5, 0.6) is 5.75 Å². The summed E-state index contributed by atoms with van der Waals surface area (Å²) in [7, 11) is 0. The first-order chi connectivity index (χ1) is 17.1. The number of esters is 1. The lowest BCUT2D eigenvalue weighted by Crippen LogP contribution is -2.16. The first-order valence-corrected chi connectivity index (χ1v) is 12.1. The lowest BCUT2D eigenvalue weighted by atomic mass is 9.95. The van der Waals surface area contributed by atoms with Crippen molar-refractivity contribution in [3.05, 3.63) is 63.5 Å². The number of fused-ring (bicyclic) bond motifs is 2. The van der Waals surface area contributed by atoms with Crippen molar-refractivity contribution >= 4 is 45.1 Å². The summed E-state index contributed by atoms with van der Waals surface area (Å²) in [5.41, 5.74) is 1.70. The van der Waals surface area contributed by atoms with Crippen molar-refractivity contribution in [3.8, 4) is 17.9 Å². The second kappa shape index (κ2) is 10.9. The maximum absolute atomic E-state index is 13.2. The molecule has 35 heavy (non-hydrogen) atoms. The number of carbonyl (C=O) groups excluding carboxylic acids is 2. The van der Waals surface area contributed by atoms with Crippen molar-refractivity contribution in [2.45, 2.75) is 32.6 Å². The number of anilines is 1. The van der Waals surface area contributed by atoms with Gasteiger partial charge in [0.15, 0.2) is 6.61 Å². The number of carbonyl (C=O) groups is 2. The standard InChI is InChI=1S/C27H23N3O4S/c1-2-33-27(32)24-20-9-5-6-10-23(20)35-26(24)30-25(31)18(16-29)15-21-19-8-4-3-7-17(19)11-12-22(21)34-14-13-28/h3-4,7-8,11-12,15H,2,5-6,9-10,14H2,1H3,(H,30,31)/b18-15+. The van der Waals surface area contributed by atoms with Crippen LogP contribution in [0.3, 0.4) is 0 Å². The molecule has 0 unspecified atom stereocenters. The van der Waals surface area contributed by atoms with Gasteiger partial charge in [-0.15, -0.1) is 11.3 Å². The van der Waals surface area contributed by atoms with Crippen LogP contribution in [0.15, 0.2) is 42.0 Å². The highest BCUT2D eigenvalue weighted by Crippen LogP contribution is 2.39. The number of benzene rings is 2. The number of nitriles is 2. The topological polar surface area (TPSA) is 112 Å². The Morgan fingerprint density at radius 1 is 1.14 bits per heavy atom. The van der Waals surface area contributed by atoms with Crippen LogP contribution in [0.2, 0.25) is 0 Å². The second-order valence-electron chi connectivity index (χ2n) is 7.90. The highest BCUT2D eigenvalue weighted by atomic mass is 32.1. The Morgan fingerprint density at radius 2 is 1.94 bits per heavy atom. The van der Waals surface area contributed by atoms with E-state index in [0.29, 0.717) is 21.9 Å². The van der Waals surface area contributed by atoms with Crippen molar-refractivity contribution in [1.82, 2.24) is 0 Å². The van der Waals surface area contributed by atoms with E-state index in [-0.39, 0.29) is 18.8 Å². The summed E-state index contributed by atoms with van der Waals surface area (Å²) in [6.07, 6.45) is 5.06. The molecule has 2 aromatic carbocycles. The fraction of sp³-hybridized carbons (Fsp3) is 0.259. The van der Waals surface area contributed by atoms with E-state index < -0.39 is 11.9 Å². The van der Waals surface area contributed by atoms with Crippen LogP contribution < -0.4 is 10.1 Å². The third-order valence-corrected chi connectivity index (χ3v) is 6.96. The maximum Gasteiger partial charge on any atom is 0.341 e. The van der Waals surface area contributed by atoms with E-state index in [4.69, 9.17) is 14.7 Å². The van der Waals surface area contributed by atoms with Gasteiger partial charge >= 0.3 is 5.97 Å². The normalized spacial score (nSPS) is 12.8. The van der Waals surface area contributed by atoms with E-state index in [1.807, 2.05) is 42.5 Å². The van der Waals surface area contributed by atoms with Gasteiger partial charge in [-0.25, -0.2) is 4.79 Å². The zero-order valence-electron chi connectivity index (χ0n) is 19.2. The zero-order valence-corrected chi connectivity index (χ0v) is 20.0. The van der Waals surface area contributed by atoms with Crippen LogP contribution in [0, 0.1) is 22.7 Å². The molecule has 1 heterocycles. The molecular weight excluding hydrogens is 462 g/mol. The number of rotatable bonds is 7. The Kier molecular flexibility index (Phi) is 7.45. The van der Waals surface area contributed by atoms with Crippen molar-refractivity contribution in [2.75, 3.05) is 18.5 Å². The van der Waals surface area contributed by atoms with Gasteiger partial charge < -0.3 is 14.8 Å². The van der Waals surface area contributed by atoms with Crippen LogP contribution >= 0.6 is 11.3 Å². The Morgan fingerprint density at radius 3 is 2.71 bits per heavy atom. The van der Waals surface area contributed by atoms with Gasteiger partial charge in [-0.2, -0.15) is 10.5 Å². The minimum atomic E-state index is -0.629. The minimum Gasteiger partial charge on any atom is -0.478 e. The van der Waals surface area contributed by atoms with E-state index in [0.717, 1.165) is 46.9 Å². The molecule has 0 saturated carbocycles. The molecule has 0 atom stereocenters. The molecule has 176 valence electrons. The monoisotopic (exact) mass is 485 g/mol. The van der Waals surface area contributed by atoms with Crippen molar-refractivity contribution in [2.24, 2.45) is 0 Å². The molecule has 0 aliphatic heterocycles. The first-order valence-electron chi connectivity index (χ1n) is 11.3. The van der Waals surface area contributed by atoms with E-state index in [9.17, 15) is 14.9 Å². The maximum atomic E-state index is 13.2. The molecule has 1 aromatic heterocycles. The number of aryl methyl sites for hydroxylation is 1. The predicted molar refractivity (Wildman–Crippen MR) is 134 cm³/mol. The first kappa shape index (κ1) is 24.0. The van der Waals surface area contributed by atoms with Crippen LogP contribution in [-0.2, 0) is 22.4 Å². The van der Waals surface area contributed by atoms with Crippen molar-refractivity contribution in [3.63, 3.8) is 0 Å². The van der Waals surface area contributed by atoms with Crippen LogP contribution in [0.25, 0.3) is 16.8 Å². The Hall–Kier alpha value is -4.14. The third-order valence-electron chi connectivity index (χ3n) is 5.75. The second-order valence-corrected chi connectivity index (χ2v) is 9.01. The summed E-state index contributed by atoms with van der Waals surface area (Å²) in [6.45, 7) is 1.80. The molecule has 0 radical (unpaired) electrons. The molecule has 0 fully saturated rings. The predicted octanol–water partition coefficient (Wildman–Crippen LogP) is 5.40. The quantitative estimate of drug-likeness (QED) is 0.272. The fourth-order valence-corrected chi connectivity index (χ4v) is 5.47. The minimum absolute atomic E-state index is 0.149. The summed E-state index contributed by atoms with van der Waals surface area (Å²) >= 11 is 1.37. The Bertz CT molecular complexity index is 1410. The zero-order chi connectivity index (χ0) is 24.8. The lowest BCUT2D eigenvalue weighted by Gasteiger charge is -2.12. The number of nitrogens with one attached hydrogen (secondary N) is 1. The van der Waals surface area contributed by atoms with Gasteiger partial charge in [0, 0.05) is 10.4 Å². The van der Waals surface area contributed by atoms with Crippen LogP contribution in [0.4, 0.5) is 5.00 Å². The SMILES string of the molecule is CCOC(=O)c1c(NC(=O)/C(C#N)=C/c2c(OCC#N)ccc3ccccc23)sc2c1CCCC2. The van der Waals surface area contributed by atoms with E-state index in [1.54, 1.807) is 13.0 Å². The van der Waals surface area contributed by atoms with Gasteiger partial charge in [0.05, 0.1) is 12.2 Å². The van der Waals surface area contributed by atoms with Gasteiger partial charge in [-0.05, 0) is 61.1 Å². The summed E-state index contributed by atoms with van der Waals surface area (Å²) in [5, 5.41) is 23.7. The van der Waals surface area contributed by atoms with Crippen LogP contribution in [0.1, 0.15) is 46.1 Å². The molecule has 7 nitrogen and oxygen atoms in total. The number of thiophene rings is 1. The molecular formula is C27H23N3O4S. The lowest BCUT2D eigenvalue weighted by molar-refractivity contribution is -0.112. The number of ether oxygens (including phenoxy) is 2. The van der Waals surface area contributed by atoms with E-state index in [2.05, 4.69) is 5.32 Å². The molecule has 4 rings (SSSR count).